The molecule has 24 heavy (non-hydrogen) atoms. The summed E-state index contributed by atoms with van der Waals surface area (Å²) in [7, 11) is 0. The van der Waals surface area contributed by atoms with Crippen molar-refractivity contribution in [2.24, 2.45) is 5.92 Å². The molecule has 1 N–H and O–H groups in total. The van der Waals surface area contributed by atoms with E-state index in [0.29, 0.717) is 12.3 Å². The number of rotatable bonds is 6. The van der Waals surface area contributed by atoms with Crippen LogP contribution in [-0.2, 0) is 0 Å². The molecule has 0 spiro atoms. The minimum absolute atomic E-state index is 0.278. The van der Waals surface area contributed by atoms with Crippen LogP contribution < -0.4 is 10.1 Å². The Labute approximate surface area is 141 Å². The lowest BCUT2D eigenvalue weighted by Gasteiger charge is -2.15. The minimum Gasteiger partial charge on any atom is -0.492 e. The molecule has 1 amide bonds. The van der Waals surface area contributed by atoms with Crippen LogP contribution in [0.5, 0.6) is 5.75 Å². The molecule has 6 heteroatoms. The van der Waals surface area contributed by atoms with Crippen LogP contribution in [0.1, 0.15) is 23.8 Å². The second-order valence-electron chi connectivity index (χ2n) is 6.11. The summed E-state index contributed by atoms with van der Waals surface area (Å²) < 4.78 is 5.77. The molecule has 1 aliphatic heterocycles. The molecule has 2 aromatic rings. The van der Waals surface area contributed by atoms with Crippen molar-refractivity contribution in [2.45, 2.75) is 13.3 Å². The van der Waals surface area contributed by atoms with Crippen LogP contribution in [0.2, 0.25) is 0 Å². The van der Waals surface area contributed by atoms with Gasteiger partial charge in [-0.25, -0.2) is 4.98 Å². The summed E-state index contributed by atoms with van der Waals surface area (Å²) >= 11 is 0. The van der Waals surface area contributed by atoms with E-state index in [0.717, 1.165) is 31.3 Å². The zero-order valence-electron chi connectivity index (χ0n) is 13.8. The largest absolute Gasteiger partial charge is 0.492 e. The van der Waals surface area contributed by atoms with E-state index in [4.69, 9.17) is 4.74 Å². The zero-order chi connectivity index (χ0) is 16.8. The van der Waals surface area contributed by atoms with Crippen LogP contribution in [0.15, 0.2) is 42.9 Å². The zero-order valence-corrected chi connectivity index (χ0v) is 13.8. The van der Waals surface area contributed by atoms with Crippen molar-refractivity contribution < 1.29 is 9.53 Å². The second kappa shape index (κ2) is 7.88. The SMILES string of the molecule is C[C@@H]1CCN(CCOc2ccc(NC(=O)c3cnccn3)cc2)C1. The number of hydrogen-bond acceptors (Lipinski definition) is 5. The van der Waals surface area contributed by atoms with Crippen LogP contribution in [0.25, 0.3) is 0 Å². The van der Waals surface area contributed by atoms with Gasteiger partial charge in [0.05, 0.1) is 6.20 Å². The van der Waals surface area contributed by atoms with E-state index in [1.807, 2.05) is 24.3 Å². The Morgan fingerprint density at radius 3 is 2.83 bits per heavy atom. The van der Waals surface area contributed by atoms with E-state index >= 15 is 0 Å². The monoisotopic (exact) mass is 326 g/mol. The number of carbonyl (C=O) groups is 1. The highest BCUT2D eigenvalue weighted by atomic mass is 16.5. The van der Waals surface area contributed by atoms with Gasteiger partial charge in [-0.05, 0) is 43.1 Å². The van der Waals surface area contributed by atoms with E-state index in [1.165, 1.54) is 25.0 Å². The van der Waals surface area contributed by atoms with Crippen molar-refractivity contribution in [1.82, 2.24) is 14.9 Å². The molecular formula is C18H22N4O2. The van der Waals surface area contributed by atoms with Gasteiger partial charge in [-0.3, -0.25) is 14.7 Å². The molecule has 1 atom stereocenters. The maximum Gasteiger partial charge on any atom is 0.275 e. The molecule has 0 aliphatic carbocycles. The van der Waals surface area contributed by atoms with Gasteiger partial charge < -0.3 is 10.1 Å². The van der Waals surface area contributed by atoms with Gasteiger partial charge in [0.2, 0.25) is 0 Å². The summed E-state index contributed by atoms with van der Waals surface area (Å²) in [4.78, 5) is 22.3. The molecule has 1 aromatic heterocycles. The number of hydrogen-bond donors (Lipinski definition) is 1. The van der Waals surface area contributed by atoms with Gasteiger partial charge in [-0.15, -0.1) is 0 Å². The first-order valence-electron chi connectivity index (χ1n) is 8.23. The molecule has 1 fully saturated rings. The standard InChI is InChI=1S/C18H22N4O2/c1-14-6-9-22(13-14)10-11-24-16-4-2-15(3-5-16)21-18(23)17-12-19-7-8-20-17/h2-5,7-8,12,14H,6,9-11,13H2,1H3,(H,21,23)/t14-/m1/s1. The fraction of sp³-hybridized carbons (Fsp3) is 0.389. The first-order valence-corrected chi connectivity index (χ1v) is 8.23. The first kappa shape index (κ1) is 16.4. The number of anilines is 1. The molecule has 0 saturated carbocycles. The second-order valence-corrected chi connectivity index (χ2v) is 6.11. The van der Waals surface area contributed by atoms with Gasteiger partial charge in [-0.1, -0.05) is 6.92 Å². The van der Waals surface area contributed by atoms with Crippen molar-refractivity contribution in [1.29, 1.82) is 0 Å². The molecule has 3 rings (SSSR count). The Bertz CT molecular complexity index is 660. The van der Waals surface area contributed by atoms with E-state index in [9.17, 15) is 4.79 Å². The van der Waals surface area contributed by atoms with E-state index in [-0.39, 0.29) is 11.6 Å². The van der Waals surface area contributed by atoms with Crippen LogP contribution >= 0.6 is 0 Å². The van der Waals surface area contributed by atoms with Crippen molar-refractivity contribution in [3.8, 4) is 5.75 Å². The number of amides is 1. The van der Waals surface area contributed by atoms with Gasteiger partial charge >= 0.3 is 0 Å². The van der Waals surface area contributed by atoms with Gasteiger partial charge in [-0.2, -0.15) is 0 Å². The third kappa shape index (κ3) is 4.52. The normalized spacial score (nSPS) is 17.6. The molecule has 0 bridgehead atoms. The number of nitrogens with zero attached hydrogens (tertiary/aromatic N) is 3. The number of aromatic nitrogens is 2. The molecule has 126 valence electrons. The Morgan fingerprint density at radius 2 is 2.17 bits per heavy atom. The summed E-state index contributed by atoms with van der Waals surface area (Å²) in [5.74, 6) is 1.32. The van der Waals surface area contributed by atoms with E-state index < -0.39 is 0 Å². The van der Waals surface area contributed by atoms with Crippen LogP contribution in [0.3, 0.4) is 0 Å². The van der Waals surface area contributed by atoms with E-state index in [1.54, 1.807) is 0 Å². The van der Waals surface area contributed by atoms with Crippen molar-refractivity contribution >= 4 is 11.6 Å². The molecule has 1 saturated heterocycles. The van der Waals surface area contributed by atoms with Crippen molar-refractivity contribution in [2.75, 3.05) is 31.6 Å². The number of nitrogens with one attached hydrogen (secondary N) is 1. The molecule has 0 radical (unpaired) electrons. The fourth-order valence-electron chi connectivity index (χ4n) is 2.77. The minimum atomic E-state index is -0.278. The molecule has 1 aromatic carbocycles. The van der Waals surface area contributed by atoms with Crippen LogP contribution in [-0.4, -0.2) is 47.0 Å². The summed E-state index contributed by atoms with van der Waals surface area (Å²) in [5.41, 5.74) is 0.990. The molecule has 1 aliphatic rings. The smallest absolute Gasteiger partial charge is 0.275 e. The van der Waals surface area contributed by atoms with Crippen molar-refractivity contribution in [3.05, 3.63) is 48.5 Å². The van der Waals surface area contributed by atoms with Gasteiger partial charge in [0, 0.05) is 31.2 Å². The number of likely N-dealkylation sites (tertiary alicyclic amines) is 1. The quantitative estimate of drug-likeness (QED) is 0.883. The predicted octanol–water partition coefficient (Wildman–Crippen LogP) is 2.45. The van der Waals surface area contributed by atoms with Crippen LogP contribution in [0.4, 0.5) is 5.69 Å². The predicted molar refractivity (Wildman–Crippen MR) is 92.1 cm³/mol. The summed E-state index contributed by atoms with van der Waals surface area (Å²) in [6.07, 6.45) is 5.74. The highest BCUT2D eigenvalue weighted by molar-refractivity contribution is 6.02. The first-order chi connectivity index (χ1) is 11.7. The highest BCUT2D eigenvalue weighted by Gasteiger charge is 2.17. The average molecular weight is 326 g/mol. The summed E-state index contributed by atoms with van der Waals surface area (Å²) in [6, 6.07) is 7.36. The van der Waals surface area contributed by atoms with Crippen LogP contribution in [0, 0.1) is 5.92 Å². The number of carbonyl (C=O) groups excluding carboxylic acids is 1. The maximum atomic E-state index is 12.0. The third-order valence-corrected chi connectivity index (χ3v) is 4.09. The van der Waals surface area contributed by atoms with E-state index in [2.05, 4.69) is 27.1 Å². The Balaban J connectivity index is 1.46. The highest BCUT2D eigenvalue weighted by Crippen LogP contribution is 2.17. The molecule has 2 heterocycles. The lowest BCUT2D eigenvalue weighted by molar-refractivity contribution is 0.102. The Hall–Kier alpha value is -2.47. The molecular weight excluding hydrogens is 304 g/mol. The third-order valence-electron chi connectivity index (χ3n) is 4.09. The molecule has 6 nitrogen and oxygen atoms in total. The van der Waals surface area contributed by atoms with Gasteiger partial charge in [0.25, 0.3) is 5.91 Å². The molecule has 0 unspecified atom stereocenters. The van der Waals surface area contributed by atoms with Crippen molar-refractivity contribution in [3.63, 3.8) is 0 Å². The summed E-state index contributed by atoms with van der Waals surface area (Å²) in [5, 5.41) is 2.79. The number of ether oxygens (including phenoxy) is 1. The number of benzene rings is 1. The summed E-state index contributed by atoms with van der Waals surface area (Å²) in [6.45, 7) is 6.25. The average Bonchev–Trinajstić information content (AvgIpc) is 3.02. The maximum absolute atomic E-state index is 12.0. The Kier molecular flexibility index (Phi) is 5.38. The van der Waals surface area contributed by atoms with Gasteiger partial charge in [0.15, 0.2) is 0 Å². The Morgan fingerprint density at radius 1 is 1.33 bits per heavy atom. The topological polar surface area (TPSA) is 67.3 Å². The fourth-order valence-corrected chi connectivity index (χ4v) is 2.77. The lowest BCUT2D eigenvalue weighted by atomic mass is 10.2. The van der Waals surface area contributed by atoms with Gasteiger partial charge in [0.1, 0.15) is 18.1 Å². The lowest BCUT2D eigenvalue weighted by Crippen LogP contribution is -2.25.